The van der Waals surface area contributed by atoms with Crippen LogP contribution in [-0.4, -0.2) is 6.79 Å². The largest absolute Gasteiger partial charge is 0.454 e. The topological polar surface area (TPSA) is 30.5 Å². The van der Waals surface area contributed by atoms with E-state index in [4.69, 9.17) is 21.1 Å². The Hall–Kier alpha value is -1.71. The number of hydrogen-bond acceptors (Lipinski definition) is 3. The van der Waals surface area contributed by atoms with Gasteiger partial charge in [-0.25, -0.2) is 0 Å². The first-order valence-corrected chi connectivity index (χ1v) is 7.42. The SMILES string of the molecule is CC(N[C@H](C)c1cccc(Cl)c1)c1ccc2c(c1)OCO2. The molecule has 2 aromatic carbocycles. The average molecular weight is 304 g/mol. The quantitative estimate of drug-likeness (QED) is 0.903. The highest BCUT2D eigenvalue weighted by molar-refractivity contribution is 6.30. The summed E-state index contributed by atoms with van der Waals surface area (Å²) < 4.78 is 10.8. The highest BCUT2D eigenvalue weighted by atomic mass is 35.5. The predicted octanol–water partition coefficient (Wildman–Crippen LogP) is 4.48. The third-order valence-corrected chi connectivity index (χ3v) is 3.98. The Morgan fingerprint density at radius 3 is 2.43 bits per heavy atom. The summed E-state index contributed by atoms with van der Waals surface area (Å²) in [4.78, 5) is 0. The maximum atomic E-state index is 6.05. The van der Waals surface area contributed by atoms with E-state index in [0.717, 1.165) is 16.5 Å². The molecule has 21 heavy (non-hydrogen) atoms. The minimum absolute atomic E-state index is 0.202. The van der Waals surface area contributed by atoms with E-state index in [2.05, 4.69) is 31.3 Å². The summed E-state index contributed by atoms with van der Waals surface area (Å²) in [7, 11) is 0. The highest BCUT2D eigenvalue weighted by Crippen LogP contribution is 2.34. The molecule has 0 saturated carbocycles. The second-order valence-electron chi connectivity index (χ2n) is 5.28. The highest BCUT2D eigenvalue weighted by Gasteiger charge is 2.17. The normalized spacial score (nSPS) is 15.8. The molecule has 2 atom stereocenters. The maximum Gasteiger partial charge on any atom is 0.231 e. The van der Waals surface area contributed by atoms with Crippen LogP contribution in [0.15, 0.2) is 42.5 Å². The van der Waals surface area contributed by atoms with Crippen molar-refractivity contribution in [2.75, 3.05) is 6.79 Å². The van der Waals surface area contributed by atoms with E-state index in [0.29, 0.717) is 6.79 Å². The summed E-state index contributed by atoms with van der Waals surface area (Å²) in [6, 6.07) is 14.4. The minimum atomic E-state index is 0.202. The number of halogens is 1. The van der Waals surface area contributed by atoms with Gasteiger partial charge in [0.05, 0.1) is 0 Å². The van der Waals surface area contributed by atoms with Crippen molar-refractivity contribution in [3.8, 4) is 11.5 Å². The second kappa shape index (κ2) is 5.96. The molecule has 0 aliphatic carbocycles. The van der Waals surface area contributed by atoms with Crippen molar-refractivity contribution in [2.45, 2.75) is 25.9 Å². The van der Waals surface area contributed by atoms with Crippen molar-refractivity contribution in [3.63, 3.8) is 0 Å². The Bertz CT molecular complexity index is 644. The van der Waals surface area contributed by atoms with E-state index in [1.54, 1.807) is 0 Å². The number of hydrogen-bond donors (Lipinski definition) is 1. The zero-order chi connectivity index (χ0) is 14.8. The molecule has 4 heteroatoms. The van der Waals surface area contributed by atoms with Crippen molar-refractivity contribution in [1.29, 1.82) is 0 Å². The first-order chi connectivity index (χ1) is 10.1. The molecule has 110 valence electrons. The minimum Gasteiger partial charge on any atom is -0.454 e. The number of benzene rings is 2. The van der Waals surface area contributed by atoms with Crippen molar-refractivity contribution in [3.05, 3.63) is 58.6 Å². The Labute approximate surface area is 129 Å². The van der Waals surface area contributed by atoms with Crippen LogP contribution >= 0.6 is 11.6 Å². The molecule has 1 unspecified atom stereocenters. The van der Waals surface area contributed by atoms with Gasteiger partial charge in [0.1, 0.15) is 0 Å². The van der Waals surface area contributed by atoms with Crippen molar-refractivity contribution >= 4 is 11.6 Å². The molecule has 0 spiro atoms. The molecule has 0 radical (unpaired) electrons. The van der Waals surface area contributed by atoms with E-state index in [1.165, 1.54) is 11.1 Å². The van der Waals surface area contributed by atoms with Crippen LogP contribution in [0.1, 0.15) is 37.1 Å². The van der Waals surface area contributed by atoms with E-state index in [1.807, 2.05) is 30.3 Å². The number of ether oxygens (including phenoxy) is 2. The lowest BCUT2D eigenvalue weighted by Crippen LogP contribution is -2.22. The summed E-state index contributed by atoms with van der Waals surface area (Å²) in [5.74, 6) is 1.63. The average Bonchev–Trinajstić information content (AvgIpc) is 2.94. The maximum absolute atomic E-state index is 6.05. The second-order valence-corrected chi connectivity index (χ2v) is 5.71. The fraction of sp³-hybridized carbons (Fsp3) is 0.294. The first-order valence-electron chi connectivity index (χ1n) is 7.04. The Balaban J connectivity index is 1.72. The molecule has 2 aromatic rings. The molecule has 0 saturated heterocycles. The lowest BCUT2D eigenvalue weighted by molar-refractivity contribution is 0.174. The van der Waals surface area contributed by atoms with Gasteiger partial charge in [0.25, 0.3) is 0 Å². The fourth-order valence-electron chi connectivity index (χ4n) is 2.53. The molecule has 0 aromatic heterocycles. The van der Waals surface area contributed by atoms with Gasteiger partial charge in [-0.1, -0.05) is 29.8 Å². The van der Waals surface area contributed by atoms with Gasteiger partial charge >= 0.3 is 0 Å². The van der Waals surface area contributed by atoms with Crippen LogP contribution in [0.5, 0.6) is 11.5 Å². The van der Waals surface area contributed by atoms with Crippen LogP contribution in [0.2, 0.25) is 5.02 Å². The molecule has 1 aliphatic rings. The van der Waals surface area contributed by atoms with Crippen LogP contribution in [0.4, 0.5) is 0 Å². The van der Waals surface area contributed by atoms with Crippen LogP contribution in [0.3, 0.4) is 0 Å². The van der Waals surface area contributed by atoms with E-state index in [-0.39, 0.29) is 12.1 Å². The van der Waals surface area contributed by atoms with Gasteiger partial charge in [0.2, 0.25) is 6.79 Å². The monoisotopic (exact) mass is 303 g/mol. The molecule has 0 fully saturated rings. The van der Waals surface area contributed by atoms with Crippen molar-refractivity contribution < 1.29 is 9.47 Å². The van der Waals surface area contributed by atoms with Gasteiger partial charge < -0.3 is 14.8 Å². The smallest absolute Gasteiger partial charge is 0.231 e. The summed E-state index contributed by atoms with van der Waals surface area (Å²) in [5, 5.41) is 4.34. The molecular formula is C17H18ClNO2. The van der Waals surface area contributed by atoms with Gasteiger partial charge in [-0.3, -0.25) is 0 Å². The lowest BCUT2D eigenvalue weighted by atomic mass is 10.0. The van der Waals surface area contributed by atoms with E-state index < -0.39 is 0 Å². The van der Waals surface area contributed by atoms with Crippen LogP contribution in [0, 0.1) is 0 Å². The zero-order valence-electron chi connectivity index (χ0n) is 12.1. The molecule has 1 N–H and O–H groups in total. The molecule has 3 rings (SSSR count). The Morgan fingerprint density at radius 2 is 1.67 bits per heavy atom. The molecule has 0 bridgehead atoms. The molecule has 3 nitrogen and oxygen atoms in total. The third kappa shape index (κ3) is 3.14. The van der Waals surface area contributed by atoms with Gasteiger partial charge in [0.15, 0.2) is 11.5 Å². The summed E-state index contributed by atoms with van der Waals surface area (Å²) in [6.45, 7) is 4.58. The van der Waals surface area contributed by atoms with E-state index in [9.17, 15) is 0 Å². The van der Waals surface area contributed by atoms with Gasteiger partial charge in [-0.2, -0.15) is 0 Å². The molecule has 1 aliphatic heterocycles. The van der Waals surface area contributed by atoms with Crippen LogP contribution < -0.4 is 14.8 Å². The summed E-state index contributed by atoms with van der Waals surface area (Å²) >= 11 is 6.05. The van der Waals surface area contributed by atoms with Gasteiger partial charge in [-0.05, 0) is 49.2 Å². The molecular weight excluding hydrogens is 286 g/mol. The number of rotatable bonds is 4. The number of fused-ring (bicyclic) bond motifs is 1. The third-order valence-electron chi connectivity index (χ3n) is 3.75. The van der Waals surface area contributed by atoms with Crippen molar-refractivity contribution in [1.82, 2.24) is 5.32 Å². The lowest BCUT2D eigenvalue weighted by Gasteiger charge is -2.21. The molecule has 1 heterocycles. The summed E-state index contributed by atoms with van der Waals surface area (Å²) in [5.41, 5.74) is 2.35. The van der Waals surface area contributed by atoms with Crippen LogP contribution in [-0.2, 0) is 0 Å². The summed E-state index contributed by atoms with van der Waals surface area (Å²) in [6.07, 6.45) is 0. The Kier molecular flexibility index (Phi) is 4.04. The van der Waals surface area contributed by atoms with E-state index >= 15 is 0 Å². The molecule has 0 amide bonds. The fourth-order valence-corrected chi connectivity index (χ4v) is 2.72. The van der Waals surface area contributed by atoms with Gasteiger partial charge in [0, 0.05) is 17.1 Å². The van der Waals surface area contributed by atoms with Crippen molar-refractivity contribution in [2.24, 2.45) is 0 Å². The Morgan fingerprint density at radius 1 is 0.952 bits per heavy atom. The number of nitrogens with one attached hydrogen (secondary N) is 1. The van der Waals surface area contributed by atoms with Gasteiger partial charge in [-0.15, -0.1) is 0 Å². The zero-order valence-corrected chi connectivity index (χ0v) is 12.9. The van der Waals surface area contributed by atoms with Crippen LogP contribution in [0.25, 0.3) is 0 Å². The predicted molar refractivity (Wildman–Crippen MR) is 84.0 cm³/mol. The standard InChI is InChI=1S/C17H18ClNO2/c1-11(13-4-3-5-15(18)8-13)19-12(2)14-6-7-16-17(9-14)21-10-20-16/h3-9,11-12,19H,10H2,1-2H3/t11-,12?/m1/s1. The first kappa shape index (κ1) is 14.2.